The molecule has 0 radical (unpaired) electrons. The Hall–Kier alpha value is -0.940. The summed E-state index contributed by atoms with van der Waals surface area (Å²) in [7, 11) is 0. The second kappa shape index (κ2) is 5.72. The van der Waals surface area contributed by atoms with Crippen LogP contribution in [-0.4, -0.2) is 29.7 Å². The minimum atomic E-state index is -2.44. The lowest BCUT2D eigenvalue weighted by molar-refractivity contribution is 0.00482. The zero-order valence-electron chi connectivity index (χ0n) is 7.62. The molecule has 2 N–H and O–H groups in total. The number of aromatic amines is 1. The molecule has 0 saturated carbocycles. The SMILES string of the molecule is OC(CCOCC(F)F)c1cc[nH]c1. The number of aliphatic hydroxyl groups is 1. The van der Waals surface area contributed by atoms with Crippen molar-refractivity contribution in [2.24, 2.45) is 0 Å². The summed E-state index contributed by atoms with van der Waals surface area (Å²) >= 11 is 0. The summed E-state index contributed by atoms with van der Waals surface area (Å²) in [6.45, 7) is -0.434. The van der Waals surface area contributed by atoms with Crippen molar-refractivity contribution < 1.29 is 18.6 Å². The zero-order chi connectivity index (χ0) is 10.4. The molecule has 0 fully saturated rings. The lowest BCUT2D eigenvalue weighted by atomic mass is 10.1. The van der Waals surface area contributed by atoms with E-state index in [2.05, 4.69) is 9.72 Å². The van der Waals surface area contributed by atoms with Gasteiger partial charge >= 0.3 is 0 Å². The number of H-pyrrole nitrogens is 1. The minimum absolute atomic E-state index is 0.136. The van der Waals surface area contributed by atoms with Gasteiger partial charge in [-0.3, -0.25) is 0 Å². The summed E-state index contributed by atoms with van der Waals surface area (Å²) in [5.41, 5.74) is 0.741. The van der Waals surface area contributed by atoms with Crippen LogP contribution in [0.5, 0.6) is 0 Å². The van der Waals surface area contributed by atoms with Crippen molar-refractivity contribution in [1.82, 2.24) is 4.98 Å². The van der Waals surface area contributed by atoms with Gasteiger partial charge in [0.2, 0.25) is 0 Å². The number of alkyl halides is 2. The highest BCUT2D eigenvalue weighted by Gasteiger charge is 2.08. The van der Waals surface area contributed by atoms with Gasteiger partial charge in [0.1, 0.15) is 6.61 Å². The first-order chi connectivity index (χ1) is 6.70. The Bertz CT molecular complexity index is 239. The van der Waals surface area contributed by atoms with Crippen LogP contribution in [0.1, 0.15) is 18.1 Å². The third-order valence-corrected chi connectivity index (χ3v) is 1.79. The fraction of sp³-hybridized carbons (Fsp3) is 0.556. The molecule has 0 aliphatic rings. The molecule has 14 heavy (non-hydrogen) atoms. The van der Waals surface area contributed by atoms with Crippen LogP contribution in [0.25, 0.3) is 0 Å². The Morgan fingerprint density at radius 2 is 2.29 bits per heavy atom. The summed E-state index contributed by atoms with van der Waals surface area (Å²) in [6, 6.07) is 1.73. The fourth-order valence-electron chi connectivity index (χ4n) is 1.08. The second-order valence-electron chi connectivity index (χ2n) is 2.91. The van der Waals surface area contributed by atoms with Crippen LogP contribution in [0.2, 0.25) is 0 Å². The second-order valence-corrected chi connectivity index (χ2v) is 2.91. The molecule has 0 saturated heterocycles. The van der Waals surface area contributed by atoms with E-state index in [4.69, 9.17) is 0 Å². The van der Waals surface area contributed by atoms with Crippen LogP contribution < -0.4 is 0 Å². The molecule has 1 unspecified atom stereocenters. The van der Waals surface area contributed by atoms with E-state index in [1.807, 2.05) is 0 Å². The summed E-state index contributed by atoms with van der Waals surface area (Å²) in [5.74, 6) is 0. The van der Waals surface area contributed by atoms with Crippen molar-refractivity contribution in [2.75, 3.05) is 13.2 Å². The predicted molar refractivity (Wildman–Crippen MR) is 47.2 cm³/mol. The number of ether oxygens (including phenoxy) is 1. The Kier molecular flexibility index (Phi) is 4.55. The van der Waals surface area contributed by atoms with E-state index in [0.717, 1.165) is 5.56 Å². The van der Waals surface area contributed by atoms with Crippen molar-refractivity contribution in [3.63, 3.8) is 0 Å². The number of rotatable bonds is 6. The van der Waals surface area contributed by atoms with E-state index >= 15 is 0 Å². The van der Waals surface area contributed by atoms with E-state index in [1.54, 1.807) is 18.5 Å². The van der Waals surface area contributed by atoms with Gasteiger partial charge in [-0.05, 0) is 11.6 Å². The van der Waals surface area contributed by atoms with E-state index in [-0.39, 0.29) is 6.61 Å². The first-order valence-corrected chi connectivity index (χ1v) is 4.37. The molecule has 1 aromatic heterocycles. The van der Waals surface area contributed by atoms with Crippen molar-refractivity contribution >= 4 is 0 Å². The van der Waals surface area contributed by atoms with Gasteiger partial charge in [0.15, 0.2) is 0 Å². The first-order valence-electron chi connectivity index (χ1n) is 4.37. The van der Waals surface area contributed by atoms with Gasteiger partial charge in [0.25, 0.3) is 6.43 Å². The molecule has 0 spiro atoms. The molecule has 0 amide bonds. The quantitative estimate of drug-likeness (QED) is 0.694. The maximum absolute atomic E-state index is 11.6. The number of halogens is 2. The fourth-order valence-corrected chi connectivity index (χ4v) is 1.08. The van der Waals surface area contributed by atoms with Crippen LogP contribution in [0.4, 0.5) is 8.78 Å². The summed E-state index contributed by atoms with van der Waals surface area (Å²) in [5, 5.41) is 9.49. The average molecular weight is 205 g/mol. The molecule has 1 heterocycles. The lowest BCUT2D eigenvalue weighted by Crippen LogP contribution is -2.08. The lowest BCUT2D eigenvalue weighted by Gasteiger charge is -2.08. The molecule has 0 bridgehead atoms. The maximum atomic E-state index is 11.6. The van der Waals surface area contributed by atoms with E-state index in [9.17, 15) is 13.9 Å². The Morgan fingerprint density at radius 1 is 1.50 bits per heavy atom. The molecule has 1 atom stereocenters. The maximum Gasteiger partial charge on any atom is 0.261 e. The molecule has 0 aliphatic carbocycles. The molecule has 1 rings (SSSR count). The number of nitrogens with one attached hydrogen (secondary N) is 1. The first kappa shape index (κ1) is 11.1. The predicted octanol–water partition coefficient (Wildman–Crippen LogP) is 1.72. The highest BCUT2D eigenvalue weighted by Crippen LogP contribution is 2.15. The van der Waals surface area contributed by atoms with Gasteiger partial charge in [-0.2, -0.15) is 0 Å². The number of hydrogen-bond donors (Lipinski definition) is 2. The monoisotopic (exact) mass is 205 g/mol. The highest BCUT2D eigenvalue weighted by atomic mass is 19.3. The number of aromatic nitrogens is 1. The van der Waals surface area contributed by atoms with Gasteiger partial charge < -0.3 is 14.8 Å². The van der Waals surface area contributed by atoms with E-state index < -0.39 is 19.1 Å². The van der Waals surface area contributed by atoms with Crippen LogP contribution >= 0.6 is 0 Å². The van der Waals surface area contributed by atoms with Crippen molar-refractivity contribution in [1.29, 1.82) is 0 Å². The van der Waals surface area contributed by atoms with Crippen LogP contribution in [0.15, 0.2) is 18.5 Å². The molecule has 0 aromatic carbocycles. The van der Waals surface area contributed by atoms with Crippen LogP contribution in [-0.2, 0) is 4.74 Å². The van der Waals surface area contributed by atoms with Gasteiger partial charge in [0, 0.05) is 25.4 Å². The number of aliphatic hydroxyl groups excluding tert-OH is 1. The summed E-state index contributed by atoms with van der Waals surface area (Å²) in [4.78, 5) is 2.80. The Labute approximate surface area is 80.7 Å². The third kappa shape index (κ3) is 3.85. The molecule has 5 heteroatoms. The van der Waals surface area contributed by atoms with Crippen molar-refractivity contribution in [3.8, 4) is 0 Å². The molecule has 80 valence electrons. The largest absolute Gasteiger partial charge is 0.388 e. The van der Waals surface area contributed by atoms with E-state index in [1.165, 1.54) is 0 Å². The van der Waals surface area contributed by atoms with E-state index in [0.29, 0.717) is 6.42 Å². The van der Waals surface area contributed by atoms with Crippen LogP contribution in [0.3, 0.4) is 0 Å². The molecule has 0 aliphatic heterocycles. The molecular weight excluding hydrogens is 192 g/mol. The molecule has 1 aromatic rings. The summed E-state index contributed by atoms with van der Waals surface area (Å²) in [6.07, 6.45) is 0.583. The Morgan fingerprint density at radius 3 is 2.86 bits per heavy atom. The van der Waals surface area contributed by atoms with Crippen molar-refractivity contribution in [3.05, 3.63) is 24.0 Å². The highest BCUT2D eigenvalue weighted by molar-refractivity contribution is 5.11. The average Bonchev–Trinajstić information content (AvgIpc) is 2.64. The Balaban J connectivity index is 2.13. The normalized spacial score (nSPS) is 13.4. The smallest absolute Gasteiger partial charge is 0.261 e. The number of hydrogen-bond acceptors (Lipinski definition) is 2. The minimum Gasteiger partial charge on any atom is -0.388 e. The molecular formula is C9H13F2NO2. The van der Waals surface area contributed by atoms with Gasteiger partial charge in [-0.15, -0.1) is 0 Å². The molecule has 3 nitrogen and oxygen atoms in total. The topological polar surface area (TPSA) is 45.2 Å². The van der Waals surface area contributed by atoms with Gasteiger partial charge in [0.05, 0.1) is 6.10 Å². The van der Waals surface area contributed by atoms with Gasteiger partial charge in [-0.1, -0.05) is 0 Å². The van der Waals surface area contributed by atoms with Crippen LogP contribution in [0, 0.1) is 0 Å². The standard InChI is InChI=1S/C9H13F2NO2/c10-9(11)6-14-4-2-8(13)7-1-3-12-5-7/h1,3,5,8-9,12-13H,2,4,6H2. The summed E-state index contributed by atoms with van der Waals surface area (Å²) < 4.78 is 27.9. The zero-order valence-corrected chi connectivity index (χ0v) is 7.62. The van der Waals surface area contributed by atoms with Crippen molar-refractivity contribution in [2.45, 2.75) is 19.0 Å². The third-order valence-electron chi connectivity index (χ3n) is 1.79. The van der Waals surface area contributed by atoms with Gasteiger partial charge in [-0.25, -0.2) is 8.78 Å².